The Kier molecular flexibility index (Phi) is 5.17. The molecule has 0 radical (unpaired) electrons. The number of nitriles is 1. The highest BCUT2D eigenvalue weighted by molar-refractivity contribution is 5.67. The smallest absolute Gasteiger partial charge is 0.416 e. The molecule has 2 heterocycles. The molecule has 7 nitrogen and oxygen atoms in total. The summed E-state index contributed by atoms with van der Waals surface area (Å²) in [4.78, 5) is 0. The van der Waals surface area contributed by atoms with Gasteiger partial charge in [-0.3, -0.25) is 0 Å². The van der Waals surface area contributed by atoms with E-state index in [1.807, 2.05) is 30.3 Å². The molecule has 156 valence electrons. The van der Waals surface area contributed by atoms with Gasteiger partial charge >= 0.3 is 6.18 Å². The fraction of sp³-hybridized carbons (Fsp3) is 0.143. The minimum Gasteiger partial charge on any atom is -0.489 e. The van der Waals surface area contributed by atoms with Gasteiger partial charge in [-0.25, -0.2) is 0 Å². The van der Waals surface area contributed by atoms with Crippen molar-refractivity contribution >= 4 is 0 Å². The Hall–Kier alpha value is -4.13. The summed E-state index contributed by atoms with van der Waals surface area (Å²) in [6.07, 6.45) is -4.62. The average molecular weight is 425 g/mol. The molecule has 0 aliphatic heterocycles. The van der Waals surface area contributed by atoms with Crippen molar-refractivity contribution in [2.24, 2.45) is 0 Å². The fourth-order valence-corrected chi connectivity index (χ4v) is 3.02. The molecule has 0 spiro atoms. The molecule has 0 unspecified atom stereocenters. The van der Waals surface area contributed by atoms with E-state index in [2.05, 4.69) is 20.6 Å². The van der Waals surface area contributed by atoms with E-state index in [0.717, 1.165) is 17.7 Å². The maximum atomic E-state index is 13.4. The van der Waals surface area contributed by atoms with Crippen molar-refractivity contribution in [2.75, 3.05) is 0 Å². The predicted molar refractivity (Wildman–Crippen MR) is 103 cm³/mol. The van der Waals surface area contributed by atoms with Crippen molar-refractivity contribution < 1.29 is 22.4 Å². The number of nitrogens with zero attached hydrogens (tertiary/aromatic N) is 4. The van der Waals surface area contributed by atoms with Gasteiger partial charge in [0.05, 0.1) is 16.8 Å². The van der Waals surface area contributed by atoms with Gasteiger partial charge in [-0.15, -0.1) is 5.10 Å². The lowest BCUT2D eigenvalue weighted by Gasteiger charge is -2.13. The third-order valence-corrected chi connectivity index (χ3v) is 4.56. The SMILES string of the molecule is Cc1noc(-c2ccccc2)c1COc1cc(-c2n[nH]nc2C#N)cc(C(F)(F)F)c1. The van der Waals surface area contributed by atoms with Crippen molar-refractivity contribution in [1.82, 2.24) is 20.6 Å². The number of nitrogens with one attached hydrogen (secondary N) is 1. The van der Waals surface area contributed by atoms with Crippen LogP contribution in [0.5, 0.6) is 5.75 Å². The summed E-state index contributed by atoms with van der Waals surface area (Å²) in [5.74, 6) is 0.435. The molecule has 2 aromatic carbocycles. The number of alkyl halides is 3. The average Bonchev–Trinajstić information content (AvgIpc) is 3.38. The summed E-state index contributed by atoms with van der Waals surface area (Å²) < 4.78 is 51.4. The second kappa shape index (κ2) is 7.95. The number of aromatic amines is 1. The van der Waals surface area contributed by atoms with Crippen LogP contribution in [0.15, 0.2) is 53.1 Å². The largest absolute Gasteiger partial charge is 0.489 e. The zero-order chi connectivity index (χ0) is 22.0. The molecule has 2 aromatic heterocycles. The predicted octanol–water partition coefficient (Wildman–Crippen LogP) is 4.90. The van der Waals surface area contributed by atoms with E-state index in [1.165, 1.54) is 6.07 Å². The van der Waals surface area contributed by atoms with Crippen LogP contribution in [0, 0.1) is 18.3 Å². The topological polar surface area (TPSA) is 101 Å². The summed E-state index contributed by atoms with van der Waals surface area (Å²) in [6, 6.07) is 14.1. The van der Waals surface area contributed by atoms with E-state index in [0.29, 0.717) is 17.0 Å². The number of ether oxygens (including phenoxy) is 1. The van der Waals surface area contributed by atoms with Gasteiger partial charge in [-0.05, 0) is 25.1 Å². The first-order valence-electron chi connectivity index (χ1n) is 9.03. The highest BCUT2D eigenvalue weighted by atomic mass is 19.4. The Balaban J connectivity index is 1.69. The molecule has 0 saturated heterocycles. The number of hydrogen-bond donors (Lipinski definition) is 1. The molecule has 1 N–H and O–H groups in total. The van der Waals surface area contributed by atoms with E-state index < -0.39 is 11.7 Å². The minimum absolute atomic E-state index is 0.00424. The fourth-order valence-electron chi connectivity index (χ4n) is 3.02. The van der Waals surface area contributed by atoms with Gasteiger partial charge in [0, 0.05) is 11.1 Å². The van der Waals surface area contributed by atoms with Crippen LogP contribution in [-0.2, 0) is 12.8 Å². The maximum absolute atomic E-state index is 13.4. The van der Waals surface area contributed by atoms with Crippen molar-refractivity contribution in [1.29, 1.82) is 5.26 Å². The van der Waals surface area contributed by atoms with Crippen molar-refractivity contribution in [2.45, 2.75) is 19.7 Å². The van der Waals surface area contributed by atoms with E-state index in [1.54, 1.807) is 13.0 Å². The highest BCUT2D eigenvalue weighted by Gasteiger charge is 2.32. The Morgan fingerprint density at radius 3 is 2.58 bits per heavy atom. The normalized spacial score (nSPS) is 11.3. The quantitative estimate of drug-likeness (QED) is 0.488. The Bertz CT molecular complexity index is 1260. The molecule has 0 bridgehead atoms. The number of H-pyrrole nitrogens is 1. The molecule has 4 rings (SSSR count). The molecular formula is C21H14F3N5O2. The second-order valence-electron chi connectivity index (χ2n) is 6.61. The third kappa shape index (κ3) is 4.11. The van der Waals surface area contributed by atoms with E-state index in [4.69, 9.17) is 14.5 Å². The van der Waals surface area contributed by atoms with Gasteiger partial charge in [0.25, 0.3) is 0 Å². The number of hydrogen-bond acceptors (Lipinski definition) is 6. The molecule has 0 amide bonds. The first-order valence-corrected chi connectivity index (χ1v) is 9.03. The third-order valence-electron chi connectivity index (χ3n) is 4.56. The summed E-state index contributed by atoms with van der Waals surface area (Å²) in [5, 5.41) is 22.7. The number of aromatic nitrogens is 4. The standard InChI is InChI=1S/C21H14F3N5O2/c1-12-17(20(31-28-12)13-5-3-2-4-6-13)11-30-16-8-14(7-15(9-16)21(22,23)24)19-18(10-25)26-29-27-19/h2-9H,11H2,1H3,(H,26,27,29). The molecule has 0 aliphatic rings. The number of halogens is 3. The number of benzene rings is 2. The summed E-state index contributed by atoms with van der Waals surface area (Å²) in [7, 11) is 0. The van der Waals surface area contributed by atoms with Crippen LogP contribution in [0.3, 0.4) is 0 Å². The molecule has 0 saturated carbocycles. The summed E-state index contributed by atoms with van der Waals surface area (Å²) in [6.45, 7) is 1.66. The zero-order valence-electron chi connectivity index (χ0n) is 16.1. The van der Waals surface area contributed by atoms with Crippen LogP contribution in [0.4, 0.5) is 13.2 Å². The van der Waals surface area contributed by atoms with E-state index >= 15 is 0 Å². The van der Waals surface area contributed by atoms with Crippen LogP contribution in [0.25, 0.3) is 22.6 Å². The van der Waals surface area contributed by atoms with Gasteiger partial charge in [0.2, 0.25) is 0 Å². The van der Waals surface area contributed by atoms with Gasteiger partial charge in [0.15, 0.2) is 11.5 Å². The number of rotatable bonds is 5. The van der Waals surface area contributed by atoms with E-state index in [9.17, 15) is 13.2 Å². The lowest BCUT2D eigenvalue weighted by atomic mass is 10.1. The first-order chi connectivity index (χ1) is 14.9. The van der Waals surface area contributed by atoms with Crippen molar-refractivity contribution in [3.8, 4) is 34.4 Å². The van der Waals surface area contributed by atoms with Crippen LogP contribution in [0.2, 0.25) is 0 Å². The molecule has 0 fully saturated rings. The van der Waals surface area contributed by atoms with Crippen molar-refractivity contribution in [3.05, 3.63) is 71.0 Å². The van der Waals surface area contributed by atoms with Crippen LogP contribution >= 0.6 is 0 Å². The Morgan fingerprint density at radius 2 is 1.87 bits per heavy atom. The summed E-state index contributed by atoms with van der Waals surface area (Å²) >= 11 is 0. The van der Waals surface area contributed by atoms with Gasteiger partial charge < -0.3 is 9.26 Å². The molecule has 10 heteroatoms. The van der Waals surface area contributed by atoms with Gasteiger partial charge in [-0.2, -0.15) is 28.7 Å². The second-order valence-corrected chi connectivity index (χ2v) is 6.61. The maximum Gasteiger partial charge on any atom is 0.416 e. The molecular weight excluding hydrogens is 411 g/mol. The van der Waals surface area contributed by atoms with Crippen molar-refractivity contribution in [3.63, 3.8) is 0 Å². The Morgan fingerprint density at radius 1 is 1.10 bits per heavy atom. The Labute approximate surface area is 174 Å². The van der Waals surface area contributed by atoms with Crippen LogP contribution < -0.4 is 4.74 Å². The molecule has 0 atom stereocenters. The highest BCUT2D eigenvalue weighted by Crippen LogP contribution is 2.36. The lowest BCUT2D eigenvalue weighted by Crippen LogP contribution is -2.06. The molecule has 4 aromatic rings. The van der Waals surface area contributed by atoms with E-state index in [-0.39, 0.29) is 29.3 Å². The lowest BCUT2D eigenvalue weighted by molar-refractivity contribution is -0.137. The van der Waals surface area contributed by atoms with Crippen LogP contribution in [0.1, 0.15) is 22.5 Å². The van der Waals surface area contributed by atoms with Crippen LogP contribution in [-0.4, -0.2) is 20.6 Å². The minimum atomic E-state index is -4.62. The summed E-state index contributed by atoms with van der Waals surface area (Å²) in [5.41, 5.74) is 0.958. The van der Waals surface area contributed by atoms with Gasteiger partial charge in [0.1, 0.15) is 24.1 Å². The van der Waals surface area contributed by atoms with Gasteiger partial charge in [-0.1, -0.05) is 35.5 Å². The molecule has 0 aliphatic carbocycles. The zero-order valence-corrected chi connectivity index (χ0v) is 16.1. The monoisotopic (exact) mass is 425 g/mol. The number of aryl methyl sites for hydroxylation is 1. The molecule has 31 heavy (non-hydrogen) atoms. The first kappa shape index (κ1) is 20.2.